The van der Waals surface area contributed by atoms with Gasteiger partial charge >= 0.3 is 0 Å². The molecule has 1 rings (SSSR count). The van der Waals surface area contributed by atoms with Crippen molar-refractivity contribution in [1.29, 1.82) is 0 Å². The molecule has 0 spiro atoms. The van der Waals surface area contributed by atoms with Crippen molar-refractivity contribution >= 4 is 55.3 Å². The van der Waals surface area contributed by atoms with Crippen molar-refractivity contribution < 1.29 is 13.0 Å². The second kappa shape index (κ2) is 3.76. The van der Waals surface area contributed by atoms with Crippen molar-refractivity contribution in [2.24, 2.45) is 0 Å². The van der Waals surface area contributed by atoms with E-state index in [9.17, 15) is 8.42 Å². The summed E-state index contributed by atoms with van der Waals surface area (Å²) in [4.78, 5) is -0.0324. The Kier molecular flexibility index (Phi) is 3.34. The zero-order chi connectivity index (χ0) is 9.35. The number of halogens is 2. The smallest absolute Gasteiger partial charge is 0.282 e. The topological polar surface area (TPSA) is 54.4 Å². The predicted octanol–water partition coefficient (Wildman–Crippen LogP) is 2.14. The zero-order valence-corrected chi connectivity index (χ0v) is 10.8. The number of hydrogen-bond acceptors (Lipinski definition) is 2. The largest absolute Gasteiger partial charge is 0.295 e. The molecule has 0 saturated carbocycles. The first kappa shape index (κ1) is 10.7. The Hall–Kier alpha value is 0.590. The summed E-state index contributed by atoms with van der Waals surface area (Å²) in [5, 5.41) is 0. The first-order chi connectivity index (χ1) is 5.41. The lowest BCUT2D eigenvalue weighted by molar-refractivity contribution is 0.482. The minimum atomic E-state index is -4.07. The van der Waals surface area contributed by atoms with Crippen LogP contribution in [0.4, 0.5) is 0 Å². The minimum Gasteiger partial charge on any atom is -0.282 e. The van der Waals surface area contributed by atoms with Gasteiger partial charge in [-0.15, -0.1) is 0 Å². The minimum absolute atomic E-state index is 0.0324. The van der Waals surface area contributed by atoms with E-state index in [4.69, 9.17) is 4.55 Å². The molecule has 1 aromatic rings. The van der Waals surface area contributed by atoms with Crippen LogP contribution in [-0.4, -0.2) is 13.0 Å². The molecule has 0 radical (unpaired) electrons. The van der Waals surface area contributed by atoms with E-state index in [2.05, 4.69) is 0 Å². The Labute approximate surface area is 97.6 Å². The van der Waals surface area contributed by atoms with E-state index in [1.54, 1.807) is 12.1 Å². The van der Waals surface area contributed by atoms with Crippen LogP contribution in [0.15, 0.2) is 23.1 Å². The molecule has 0 saturated heterocycles. The van der Waals surface area contributed by atoms with Crippen LogP contribution in [0.5, 0.6) is 0 Å². The summed E-state index contributed by atoms with van der Waals surface area (Å²) in [5.74, 6) is 0. The normalized spacial score (nSPS) is 11.6. The van der Waals surface area contributed by atoms with Gasteiger partial charge < -0.3 is 0 Å². The molecule has 0 amide bonds. The van der Waals surface area contributed by atoms with Crippen molar-refractivity contribution in [3.63, 3.8) is 0 Å². The second-order valence-electron chi connectivity index (χ2n) is 2.05. The zero-order valence-electron chi connectivity index (χ0n) is 5.66. The standard InChI is InChI=1S/C6H4I2O3S/c7-4-1-2-5(8)6(3-4)12(9,10)11/h1-3H,(H,9,10,11). The molecule has 0 bridgehead atoms. The van der Waals surface area contributed by atoms with E-state index in [1.165, 1.54) is 6.07 Å². The van der Waals surface area contributed by atoms with Gasteiger partial charge in [-0.3, -0.25) is 4.55 Å². The molecule has 6 heteroatoms. The first-order valence-electron chi connectivity index (χ1n) is 2.84. The maximum Gasteiger partial charge on any atom is 0.295 e. The van der Waals surface area contributed by atoms with Gasteiger partial charge in [-0.2, -0.15) is 8.42 Å². The average molecular weight is 410 g/mol. The summed E-state index contributed by atoms with van der Waals surface area (Å²) in [6.45, 7) is 0. The molecule has 0 aliphatic heterocycles. The highest BCUT2D eigenvalue weighted by Gasteiger charge is 2.13. The summed E-state index contributed by atoms with van der Waals surface area (Å²) in [6.07, 6.45) is 0. The van der Waals surface area contributed by atoms with Crippen LogP contribution < -0.4 is 0 Å². The van der Waals surface area contributed by atoms with Crippen LogP contribution in [-0.2, 0) is 10.1 Å². The van der Waals surface area contributed by atoms with Crippen LogP contribution in [0, 0.1) is 7.14 Å². The molecule has 0 aliphatic rings. The third kappa shape index (κ3) is 2.54. The summed E-state index contributed by atoms with van der Waals surface area (Å²) in [6, 6.07) is 4.85. The molecular weight excluding hydrogens is 406 g/mol. The Morgan fingerprint density at radius 2 is 1.83 bits per heavy atom. The van der Waals surface area contributed by atoms with Gasteiger partial charge in [0.05, 0.1) is 0 Å². The van der Waals surface area contributed by atoms with Gasteiger partial charge in [-0.1, -0.05) is 0 Å². The fourth-order valence-electron chi connectivity index (χ4n) is 0.675. The van der Waals surface area contributed by atoms with Crippen LogP contribution in [0.2, 0.25) is 0 Å². The van der Waals surface area contributed by atoms with E-state index in [0.717, 1.165) is 3.57 Å². The van der Waals surface area contributed by atoms with Crippen molar-refractivity contribution in [3.8, 4) is 0 Å². The highest BCUT2D eigenvalue weighted by molar-refractivity contribution is 14.1. The predicted molar refractivity (Wildman–Crippen MR) is 61.7 cm³/mol. The highest BCUT2D eigenvalue weighted by atomic mass is 127. The molecule has 0 unspecified atom stereocenters. The maximum absolute atomic E-state index is 10.8. The molecule has 12 heavy (non-hydrogen) atoms. The van der Waals surface area contributed by atoms with Crippen LogP contribution in [0.1, 0.15) is 0 Å². The number of rotatable bonds is 1. The molecular formula is C6H4I2O3S. The Bertz CT molecular complexity index is 399. The number of hydrogen-bond donors (Lipinski definition) is 1. The molecule has 1 N–H and O–H groups in total. The van der Waals surface area contributed by atoms with E-state index in [-0.39, 0.29) is 4.90 Å². The van der Waals surface area contributed by atoms with Crippen molar-refractivity contribution in [2.45, 2.75) is 4.90 Å². The lowest BCUT2D eigenvalue weighted by atomic mass is 10.4. The monoisotopic (exact) mass is 410 g/mol. The van der Waals surface area contributed by atoms with Gasteiger partial charge in [0.2, 0.25) is 0 Å². The van der Waals surface area contributed by atoms with E-state index in [1.807, 2.05) is 45.2 Å². The Morgan fingerprint density at radius 1 is 1.25 bits per heavy atom. The first-order valence-corrected chi connectivity index (χ1v) is 6.43. The summed E-state index contributed by atoms with van der Waals surface area (Å²) >= 11 is 3.84. The van der Waals surface area contributed by atoms with Crippen molar-refractivity contribution in [2.75, 3.05) is 0 Å². The van der Waals surface area contributed by atoms with E-state index < -0.39 is 10.1 Å². The van der Waals surface area contributed by atoms with Crippen LogP contribution in [0.25, 0.3) is 0 Å². The quantitative estimate of drug-likeness (QED) is 0.571. The molecule has 0 heterocycles. The third-order valence-electron chi connectivity index (χ3n) is 1.17. The molecule has 1 aromatic carbocycles. The lowest BCUT2D eigenvalue weighted by Gasteiger charge is -2.00. The lowest BCUT2D eigenvalue weighted by Crippen LogP contribution is -2.00. The van der Waals surface area contributed by atoms with Crippen molar-refractivity contribution in [3.05, 3.63) is 25.3 Å². The third-order valence-corrected chi connectivity index (χ3v) is 4.04. The maximum atomic E-state index is 10.8. The Morgan fingerprint density at radius 3 is 2.25 bits per heavy atom. The van der Waals surface area contributed by atoms with Gasteiger partial charge in [0.15, 0.2) is 0 Å². The molecule has 0 aromatic heterocycles. The highest BCUT2D eigenvalue weighted by Crippen LogP contribution is 2.20. The van der Waals surface area contributed by atoms with E-state index in [0.29, 0.717) is 3.57 Å². The summed E-state index contributed by atoms with van der Waals surface area (Å²) in [5.41, 5.74) is 0. The van der Waals surface area contributed by atoms with Crippen LogP contribution >= 0.6 is 45.2 Å². The van der Waals surface area contributed by atoms with Gasteiger partial charge in [-0.25, -0.2) is 0 Å². The molecule has 0 atom stereocenters. The van der Waals surface area contributed by atoms with Gasteiger partial charge in [-0.05, 0) is 63.4 Å². The van der Waals surface area contributed by atoms with E-state index >= 15 is 0 Å². The summed E-state index contributed by atoms with van der Waals surface area (Å²) in [7, 11) is -4.07. The molecule has 0 fully saturated rings. The van der Waals surface area contributed by atoms with Crippen LogP contribution in [0.3, 0.4) is 0 Å². The summed E-state index contributed by atoms with van der Waals surface area (Å²) < 4.78 is 31.6. The van der Waals surface area contributed by atoms with Crippen molar-refractivity contribution in [1.82, 2.24) is 0 Å². The molecule has 66 valence electrons. The van der Waals surface area contributed by atoms with Gasteiger partial charge in [0.25, 0.3) is 10.1 Å². The fraction of sp³-hybridized carbons (Fsp3) is 0. The Balaban J connectivity index is 3.43. The molecule has 0 aliphatic carbocycles. The van der Waals surface area contributed by atoms with Gasteiger partial charge in [0.1, 0.15) is 4.90 Å². The molecule has 3 nitrogen and oxygen atoms in total. The van der Waals surface area contributed by atoms with Gasteiger partial charge in [0, 0.05) is 7.14 Å². The average Bonchev–Trinajstić information content (AvgIpc) is 1.92. The number of benzene rings is 1. The second-order valence-corrected chi connectivity index (χ2v) is 5.85. The SMILES string of the molecule is O=S(=O)(O)c1cc(I)ccc1I. The fourth-order valence-corrected chi connectivity index (χ4v) is 3.14.